The Balaban J connectivity index is 3.06. The van der Waals surface area contributed by atoms with E-state index in [1.165, 1.54) is 7.11 Å². The fraction of sp³-hybridized carbons (Fsp3) is 0.333. The second-order valence-corrected chi connectivity index (χ2v) is 3.37. The van der Waals surface area contributed by atoms with Crippen LogP contribution in [-0.2, 0) is 4.74 Å². The highest BCUT2D eigenvalue weighted by Crippen LogP contribution is 2.23. The second-order valence-electron chi connectivity index (χ2n) is 2.96. The van der Waals surface area contributed by atoms with E-state index < -0.39 is 17.7 Å². The third-order valence-corrected chi connectivity index (χ3v) is 2.24. The van der Waals surface area contributed by atoms with Crippen molar-refractivity contribution < 1.29 is 13.5 Å². The Bertz CT molecular complexity index is 349. The summed E-state index contributed by atoms with van der Waals surface area (Å²) < 4.78 is 31.3. The molecule has 0 aliphatic heterocycles. The molecule has 1 unspecified atom stereocenters. The van der Waals surface area contributed by atoms with E-state index in [4.69, 9.17) is 22.2 Å². The van der Waals surface area contributed by atoms with Gasteiger partial charge in [0.1, 0.15) is 11.6 Å². The van der Waals surface area contributed by atoms with Gasteiger partial charge >= 0.3 is 0 Å². The van der Waals surface area contributed by atoms with Gasteiger partial charge in [-0.25, -0.2) is 8.78 Å². The molecule has 3 N–H and O–H groups in total. The van der Waals surface area contributed by atoms with Gasteiger partial charge in [-0.1, -0.05) is 11.6 Å². The van der Waals surface area contributed by atoms with Crippen molar-refractivity contribution >= 4 is 11.6 Å². The first-order chi connectivity index (χ1) is 7.10. The van der Waals surface area contributed by atoms with E-state index in [1.807, 2.05) is 0 Å². The number of hydrogen-bond acceptors (Lipinski definition) is 3. The number of hydrogen-bond donors (Lipinski definition) is 2. The van der Waals surface area contributed by atoms with Gasteiger partial charge in [-0.3, -0.25) is 11.3 Å². The standard InChI is InChI=1S/C9H11ClF2N2O/c1-15-4-9(14-13)5-2-8(12)6(10)3-7(5)11/h2-3,9,14H,4,13H2,1H3. The van der Waals surface area contributed by atoms with Crippen LogP contribution >= 0.6 is 11.6 Å². The maximum absolute atomic E-state index is 13.4. The Kier molecular flexibility index (Phi) is 4.41. The molecule has 15 heavy (non-hydrogen) atoms. The Morgan fingerprint density at radius 3 is 2.67 bits per heavy atom. The van der Waals surface area contributed by atoms with Gasteiger partial charge in [0.05, 0.1) is 17.7 Å². The third-order valence-electron chi connectivity index (χ3n) is 1.95. The molecule has 6 heteroatoms. The van der Waals surface area contributed by atoms with Crippen LogP contribution in [0.4, 0.5) is 8.78 Å². The van der Waals surface area contributed by atoms with E-state index >= 15 is 0 Å². The molecular formula is C9H11ClF2N2O. The average molecular weight is 237 g/mol. The van der Waals surface area contributed by atoms with Gasteiger partial charge in [0.25, 0.3) is 0 Å². The fourth-order valence-corrected chi connectivity index (χ4v) is 1.35. The van der Waals surface area contributed by atoms with Crippen molar-refractivity contribution in [2.75, 3.05) is 13.7 Å². The van der Waals surface area contributed by atoms with Crippen LogP contribution in [0.2, 0.25) is 5.02 Å². The molecule has 0 heterocycles. The highest BCUT2D eigenvalue weighted by molar-refractivity contribution is 6.30. The molecular weight excluding hydrogens is 226 g/mol. The zero-order valence-electron chi connectivity index (χ0n) is 8.06. The second kappa shape index (κ2) is 5.37. The van der Waals surface area contributed by atoms with Crippen molar-refractivity contribution in [2.45, 2.75) is 6.04 Å². The topological polar surface area (TPSA) is 47.3 Å². The first-order valence-electron chi connectivity index (χ1n) is 4.19. The van der Waals surface area contributed by atoms with Gasteiger partial charge in [0.15, 0.2) is 0 Å². The van der Waals surface area contributed by atoms with Crippen LogP contribution in [0.5, 0.6) is 0 Å². The van der Waals surface area contributed by atoms with Crippen LogP contribution in [0.3, 0.4) is 0 Å². The Labute approximate surface area is 91.1 Å². The molecule has 1 aromatic carbocycles. The minimum Gasteiger partial charge on any atom is -0.383 e. The highest BCUT2D eigenvalue weighted by Gasteiger charge is 2.16. The summed E-state index contributed by atoms with van der Waals surface area (Å²) in [6.45, 7) is 0.133. The molecule has 0 saturated heterocycles. The molecule has 0 aliphatic carbocycles. The quantitative estimate of drug-likeness (QED) is 0.476. The minimum absolute atomic E-state index is 0.0845. The lowest BCUT2D eigenvalue weighted by Gasteiger charge is -2.16. The zero-order chi connectivity index (χ0) is 11.4. The van der Waals surface area contributed by atoms with Gasteiger partial charge < -0.3 is 4.74 Å². The molecule has 0 aromatic heterocycles. The maximum Gasteiger partial charge on any atom is 0.142 e. The van der Waals surface area contributed by atoms with E-state index in [2.05, 4.69) is 5.43 Å². The molecule has 1 aromatic rings. The first kappa shape index (κ1) is 12.3. The van der Waals surface area contributed by atoms with E-state index in [-0.39, 0.29) is 17.2 Å². The molecule has 0 amide bonds. The molecule has 0 aliphatic rings. The van der Waals surface area contributed by atoms with Gasteiger partial charge in [-0.05, 0) is 12.1 Å². The number of ether oxygens (including phenoxy) is 1. The number of nitrogens with two attached hydrogens (primary N) is 1. The van der Waals surface area contributed by atoms with E-state index in [9.17, 15) is 8.78 Å². The molecule has 0 spiro atoms. The average Bonchev–Trinajstić information content (AvgIpc) is 2.20. The molecule has 0 bridgehead atoms. The number of rotatable bonds is 4. The summed E-state index contributed by atoms with van der Waals surface area (Å²) in [5, 5.41) is -0.260. The maximum atomic E-state index is 13.4. The lowest BCUT2D eigenvalue weighted by Crippen LogP contribution is -2.31. The van der Waals surface area contributed by atoms with Crippen molar-refractivity contribution in [1.82, 2.24) is 5.43 Å². The van der Waals surface area contributed by atoms with Crippen LogP contribution in [0.1, 0.15) is 11.6 Å². The summed E-state index contributed by atoms with van der Waals surface area (Å²) in [6.07, 6.45) is 0. The Morgan fingerprint density at radius 1 is 1.47 bits per heavy atom. The van der Waals surface area contributed by atoms with Crippen molar-refractivity contribution in [1.29, 1.82) is 0 Å². The summed E-state index contributed by atoms with van der Waals surface area (Å²) in [5.74, 6) is 3.88. The molecule has 84 valence electrons. The van der Waals surface area contributed by atoms with E-state index in [0.717, 1.165) is 12.1 Å². The highest BCUT2D eigenvalue weighted by atomic mass is 35.5. The summed E-state index contributed by atoms with van der Waals surface area (Å²) in [6, 6.07) is 1.30. The van der Waals surface area contributed by atoms with Crippen LogP contribution in [-0.4, -0.2) is 13.7 Å². The molecule has 0 fully saturated rings. The van der Waals surface area contributed by atoms with Gasteiger partial charge in [-0.15, -0.1) is 0 Å². The SMILES string of the molecule is COCC(NN)c1cc(F)c(Cl)cc1F. The first-order valence-corrected chi connectivity index (χ1v) is 4.57. The smallest absolute Gasteiger partial charge is 0.142 e. The summed E-state index contributed by atoms with van der Waals surface area (Å²) >= 11 is 5.41. The van der Waals surface area contributed by atoms with Gasteiger partial charge in [0.2, 0.25) is 0 Å². The molecule has 0 saturated carbocycles. The number of methoxy groups -OCH3 is 1. The number of hydrazine groups is 1. The monoisotopic (exact) mass is 236 g/mol. The predicted molar refractivity (Wildman–Crippen MR) is 53.3 cm³/mol. The summed E-state index contributed by atoms with van der Waals surface area (Å²) in [5.41, 5.74) is 2.42. The lowest BCUT2D eigenvalue weighted by atomic mass is 10.1. The fourth-order valence-electron chi connectivity index (χ4n) is 1.20. The van der Waals surface area contributed by atoms with Crippen LogP contribution < -0.4 is 11.3 Å². The van der Waals surface area contributed by atoms with Gasteiger partial charge in [0, 0.05) is 12.7 Å². The predicted octanol–water partition coefficient (Wildman–Crippen LogP) is 1.77. The van der Waals surface area contributed by atoms with E-state index in [1.54, 1.807) is 0 Å². The summed E-state index contributed by atoms with van der Waals surface area (Å²) in [7, 11) is 1.44. The molecule has 0 radical (unpaired) electrons. The van der Waals surface area contributed by atoms with E-state index in [0.29, 0.717) is 0 Å². The van der Waals surface area contributed by atoms with Crippen molar-refractivity contribution in [3.8, 4) is 0 Å². The number of halogens is 3. The van der Waals surface area contributed by atoms with Crippen molar-refractivity contribution in [3.63, 3.8) is 0 Å². The largest absolute Gasteiger partial charge is 0.383 e. The molecule has 3 nitrogen and oxygen atoms in total. The zero-order valence-corrected chi connectivity index (χ0v) is 8.81. The van der Waals surface area contributed by atoms with Gasteiger partial charge in [-0.2, -0.15) is 0 Å². The normalized spacial score (nSPS) is 12.9. The third kappa shape index (κ3) is 2.85. The minimum atomic E-state index is -0.690. The Morgan fingerprint density at radius 2 is 2.13 bits per heavy atom. The van der Waals surface area contributed by atoms with Crippen molar-refractivity contribution in [2.24, 2.45) is 5.84 Å². The van der Waals surface area contributed by atoms with Crippen LogP contribution in [0, 0.1) is 11.6 Å². The summed E-state index contributed by atoms with van der Waals surface area (Å²) in [4.78, 5) is 0. The molecule has 1 rings (SSSR count). The lowest BCUT2D eigenvalue weighted by molar-refractivity contribution is 0.165. The molecule has 1 atom stereocenters. The number of benzene rings is 1. The Hall–Kier alpha value is -0.750. The number of nitrogens with one attached hydrogen (secondary N) is 1. The van der Waals surface area contributed by atoms with Crippen LogP contribution in [0.15, 0.2) is 12.1 Å². The van der Waals surface area contributed by atoms with Crippen molar-refractivity contribution in [3.05, 3.63) is 34.4 Å². The van der Waals surface area contributed by atoms with Crippen LogP contribution in [0.25, 0.3) is 0 Å².